The van der Waals surface area contributed by atoms with E-state index in [1.165, 1.54) is 4.90 Å². The molecule has 1 heterocycles. The van der Waals surface area contributed by atoms with Gasteiger partial charge in [-0.05, 0) is 17.7 Å². The van der Waals surface area contributed by atoms with Crippen molar-refractivity contribution in [2.24, 2.45) is 0 Å². The maximum absolute atomic E-state index is 12.5. The number of hydrogen-bond acceptors (Lipinski definition) is 2. The molecule has 3 rings (SSSR count). The maximum Gasteiger partial charge on any atom is 0.261 e. The number of hydrogen-bond donors (Lipinski definition) is 0. The summed E-state index contributed by atoms with van der Waals surface area (Å²) in [7, 11) is 0. The van der Waals surface area contributed by atoms with Gasteiger partial charge in [-0.25, -0.2) is 0 Å². The molecule has 1 saturated heterocycles. The molecule has 0 N–H and O–H groups in total. The Morgan fingerprint density at radius 2 is 1.71 bits per heavy atom. The molecule has 1 atom stereocenters. The molecule has 21 heavy (non-hydrogen) atoms. The highest BCUT2D eigenvalue weighted by Crippen LogP contribution is 2.30. The largest absolute Gasteiger partial charge is 0.278 e. The van der Waals surface area contributed by atoms with E-state index in [-0.39, 0.29) is 17.7 Å². The van der Waals surface area contributed by atoms with E-state index >= 15 is 0 Å². The third-order valence-electron chi connectivity index (χ3n) is 3.75. The SMILES string of the molecule is O=C1CC(c2ccccc2)CN1C(=O)c1ccccc1Cl. The predicted octanol–water partition coefficient (Wildman–Crippen LogP) is 3.50. The molecule has 1 aliphatic rings. The summed E-state index contributed by atoms with van der Waals surface area (Å²) in [6.07, 6.45) is 0.361. The van der Waals surface area contributed by atoms with Crippen LogP contribution in [0.15, 0.2) is 54.6 Å². The van der Waals surface area contributed by atoms with Crippen LogP contribution in [0.4, 0.5) is 0 Å². The highest BCUT2D eigenvalue weighted by Gasteiger charge is 2.35. The summed E-state index contributed by atoms with van der Waals surface area (Å²) in [5, 5.41) is 0.374. The molecular formula is C17H14ClNO2. The van der Waals surface area contributed by atoms with Crippen molar-refractivity contribution in [3.63, 3.8) is 0 Å². The van der Waals surface area contributed by atoms with Crippen molar-refractivity contribution in [3.8, 4) is 0 Å². The normalized spacial score (nSPS) is 18.0. The first-order chi connectivity index (χ1) is 10.2. The molecule has 0 aromatic heterocycles. The van der Waals surface area contributed by atoms with Gasteiger partial charge in [-0.3, -0.25) is 14.5 Å². The van der Waals surface area contributed by atoms with E-state index in [0.29, 0.717) is 23.6 Å². The van der Waals surface area contributed by atoms with Crippen molar-refractivity contribution in [2.75, 3.05) is 6.54 Å². The zero-order valence-corrected chi connectivity index (χ0v) is 12.1. The van der Waals surface area contributed by atoms with Gasteiger partial charge in [-0.2, -0.15) is 0 Å². The van der Waals surface area contributed by atoms with Crippen LogP contribution in [-0.4, -0.2) is 23.3 Å². The average molecular weight is 300 g/mol. The fraction of sp³-hybridized carbons (Fsp3) is 0.176. The third kappa shape index (κ3) is 2.69. The van der Waals surface area contributed by atoms with Crippen LogP contribution in [0.1, 0.15) is 28.3 Å². The number of carbonyl (C=O) groups is 2. The monoisotopic (exact) mass is 299 g/mol. The van der Waals surface area contributed by atoms with Crippen molar-refractivity contribution in [1.29, 1.82) is 0 Å². The second kappa shape index (κ2) is 5.70. The van der Waals surface area contributed by atoms with E-state index in [0.717, 1.165) is 5.56 Å². The first-order valence-corrected chi connectivity index (χ1v) is 7.19. The van der Waals surface area contributed by atoms with E-state index in [9.17, 15) is 9.59 Å². The molecule has 0 bridgehead atoms. The zero-order chi connectivity index (χ0) is 14.8. The van der Waals surface area contributed by atoms with Crippen LogP contribution in [-0.2, 0) is 4.79 Å². The molecule has 1 unspecified atom stereocenters. The molecule has 2 aromatic carbocycles. The molecule has 0 saturated carbocycles. The van der Waals surface area contributed by atoms with Gasteiger partial charge >= 0.3 is 0 Å². The second-order valence-corrected chi connectivity index (χ2v) is 5.51. The van der Waals surface area contributed by atoms with Crippen LogP contribution in [0.25, 0.3) is 0 Å². The van der Waals surface area contributed by atoms with E-state index in [1.54, 1.807) is 24.3 Å². The fourth-order valence-corrected chi connectivity index (χ4v) is 2.85. The van der Waals surface area contributed by atoms with Gasteiger partial charge < -0.3 is 0 Å². The highest BCUT2D eigenvalue weighted by atomic mass is 35.5. The molecule has 1 fully saturated rings. The van der Waals surface area contributed by atoms with Crippen LogP contribution < -0.4 is 0 Å². The Balaban J connectivity index is 1.83. The van der Waals surface area contributed by atoms with Crippen molar-refractivity contribution in [2.45, 2.75) is 12.3 Å². The van der Waals surface area contributed by atoms with Gasteiger partial charge in [0.05, 0.1) is 10.6 Å². The van der Waals surface area contributed by atoms with Gasteiger partial charge in [0.1, 0.15) is 0 Å². The lowest BCUT2D eigenvalue weighted by molar-refractivity contribution is -0.125. The van der Waals surface area contributed by atoms with Crippen molar-refractivity contribution in [3.05, 3.63) is 70.7 Å². The van der Waals surface area contributed by atoms with Gasteiger partial charge in [0.2, 0.25) is 5.91 Å². The summed E-state index contributed by atoms with van der Waals surface area (Å²) < 4.78 is 0. The van der Waals surface area contributed by atoms with E-state index in [2.05, 4.69) is 0 Å². The first kappa shape index (κ1) is 13.8. The van der Waals surface area contributed by atoms with Crippen LogP contribution >= 0.6 is 11.6 Å². The van der Waals surface area contributed by atoms with Crippen molar-refractivity contribution >= 4 is 23.4 Å². The van der Waals surface area contributed by atoms with Crippen molar-refractivity contribution < 1.29 is 9.59 Å². The molecule has 4 heteroatoms. The summed E-state index contributed by atoms with van der Waals surface area (Å²) in [6.45, 7) is 0.410. The molecule has 106 valence electrons. The van der Waals surface area contributed by atoms with Gasteiger partial charge in [0.15, 0.2) is 0 Å². The average Bonchev–Trinajstić information content (AvgIpc) is 2.90. The minimum Gasteiger partial charge on any atom is -0.278 e. The Morgan fingerprint density at radius 1 is 1.05 bits per heavy atom. The van der Waals surface area contributed by atoms with Gasteiger partial charge in [-0.15, -0.1) is 0 Å². The minimum absolute atomic E-state index is 0.0603. The molecule has 2 aromatic rings. The standard InChI is InChI=1S/C17H14ClNO2/c18-15-9-5-4-8-14(15)17(21)19-11-13(10-16(19)20)12-6-2-1-3-7-12/h1-9,13H,10-11H2. The molecule has 0 radical (unpaired) electrons. The second-order valence-electron chi connectivity index (χ2n) is 5.10. The Labute approximate surface area is 128 Å². The lowest BCUT2D eigenvalue weighted by atomic mass is 9.98. The Hall–Kier alpha value is -2.13. The number of amides is 2. The number of carbonyl (C=O) groups excluding carboxylic acids is 2. The molecule has 3 nitrogen and oxygen atoms in total. The number of rotatable bonds is 2. The zero-order valence-electron chi connectivity index (χ0n) is 11.3. The minimum atomic E-state index is -0.316. The summed E-state index contributed by atoms with van der Waals surface area (Å²) in [5.74, 6) is -0.400. The highest BCUT2D eigenvalue weighted by molar-refractivity contribution is 6.34. The maximum atomic E-state index is 12.5. The summed E-state index contributed by atoms with van der Waals surface area (Å²) in [6, 6.07) is 16.6. The van der Waals surface area contributed by atoms with Crippen LogP contribution in [0.5, 0.6) is 0 Å². The molecule has 2 amide bonds. The predicted molar refractivity (Wildman–Crippen MR) is 81.3 cm³/mol. The third-order valence-corrected chi connectivity index (χ3v) is 4.08. The lowest BCUT2D eigenvalue weighted by Gasteiger charge is -2.15. The fourth-order valence-electron chi connectivity index (χ4n) is 2.63. The Bertz CT molecular complexity index is 684. The molecule has 0 spiro atoms. The Kier molecular flexibility index (Phi) is 3.76. The molecular weight excluding hydrogens is 286 g/mol. The summed E-state index contributed by atoms with van der Waals surface area (Å²) in [4.78, 5) is 25.9. The summed E-state index contributed by atoms with van der Waals surface area (Å²) >= 11 is 6.04. The lowest BCUT2D eigenvalue weighted by Crippen LogP contribution is -2.32. The van der Waals surface area contributed by atoms with E-state index in [4.69, 9.17) is 11.6 Å². The van der Waals surface area contributed by atoms with Gasteiger partial charge in [-0.1, -0.05) is 54.1 Å². The summed E-state index contributed by atoms with van der Waals surface area (Å²) in [5.41, 5.74) is 1.46. The molecule has 1 aliphatic heterocycles. The van der Waals surface area contributed by atoms with Gasteiger partial charge in [0, 0.05) is 18.9 Å². The van der Waals surface area contributed by atoms with Gasteiger partial charge in [0.25, 0.3) is 5.91 Å². The Morgan fingerprint density at radius 3 is 2.43 bits per heavy atom. The van der Waals surface area contributed by atoms with E-state index < -0.39 is 0 Å². The van der Waals surface area contributed by atoms with Crippen LogP contribution in [0.3, 0.4) is 0 Å². The number of nitrogens with zero attached hydrogens (tertiary/aromatic N) is 1. The quantitative estimate of drug-likeness (QED) is 0.796. The van der Waals surface area contributed by atoms with E-state index in [1.807, 2.05) is 30.3 Å². The topological polar surface area (TPSA) is 37.4 Å². The van der Waals surface area contributed by atoms with Crippen LogP contribution in [0.2, 0.25) is 5.02 Å². The first-order valence-electron chi connectivity index (χ1n) is 6.81. The number of benzene rings is 2. The molecule has 0 aliphatic carbocycles. The number of imide groups is 1. The smallest absolute Gasteiger partial charge is 0.261 e. The number of likely N-dealkylation sites (tertiary alicyclic amines) is 1. The van der Waals surface area contributed by atoms with Crippen LogP contribution in [0, 0.1) is 0 Å². The van der Waals surface area contributed by atoms with Crippen molar-refractivity contribution in [1.82, 2.24) is 4.90 Å². The number of halogens is 1.